The molecular formula is C17H14N2O2. The predicted octanol–water partition coefficient (Wildman–Crippen LogP) is 2.38. The molecule has 2 heterocycles. The number of hydrogen-bond donors (Lipinski definition) is 1. The molecule has 0 atom stereocenters. The van der Waals surface area contributed by atoms with Gasteiger partial charge in [-0.3, -0.25) is 5.73 Å². The maximum Gasteiger partial charge on any atom is 0.330 e. The number of hydrogen-bond acceptors (Lipinski definition) is 4. The lowest BCUT2D eigenvalue weighted by molar-refractivity contribution is -0.197. The van der Waals surface area contributed by atoms with Crippen LogP contribution in [0.15, 0.2) is 48.5 Å². The minimum atomic E-state index is -1.45. The zero-order chi connectivity index (χ0) is 14.5. The Hall–Kier alpha value is -2.51. The summed E-state index contributed by atoms with van der Waals surface area (Å²) in [5, 5.41) is 9.80. The van der Waals surface area contributed by atoms with Crippen LogP contribution in [0.2, 0.25) is 0 Å². The number of para-hydroxylation sites is 2. The van der Waals surface area contributed by atoms with Crippen LogP contribution in [0.25, 0.3) is 0 Å². The van der Waals surface area contributed by atoms with Crippen molar-refractivity contribution in [2.45, 2.75) is 18.8 Å². The number of nitrogens with zero attached hydrogens (tertiary/aromatic N) is 1. The van der Waals surface area contributed by atoms with Crippen molar-refractivity contribution >= 4 is 0 Å². The highest BCUT2D eigenvalue weighted by molar-refractivity contribution is 5.45. The average Bonchev–Trinajstić information content (AvgIpc) is 2.50. The van der Waals surface area contributed by atoms with Crippen molar-refractivity contribution in [3.05, 3.63) is 59.7 Å². The fraction of sp³-hybridized carbons (Fsp3) is 0.235. The first kappa shape index (κ1) is 12.2. The standard InChI is InChI=1S/C17H14N2O2/c18-11-16-9-12-5-1-3-7-14(12)20-17(16,19)21-15-8-4-2-6-13(15)10-16/h1-8H,9-10,19H2. The zero-order valence-electron chi connectivity index (χ0n) is 11.4. The van der Waals surface area contributed by atoms with E-state index in [4.69, 9.17) is 15.2 Å². The summed E-state index contributed by atoms with van der Waals surface area (Å²) in [6.45, 7) is 0. The molecule has 2 aliphatic heterocycles. The molecule has 0 aliphatic carbocycles. The van der Waals surface area contributed by atoms with Gasteiger partial charge >= 0.3 is 5.91 Å². The molecule has 4 rings (SSSR count). The topological polar surface area (TPSA) is 68.3 Å². The van der Waals surface area contributed by atoms with Crippen LogP contribution in [0, 0.1) is 16.7 Å². The molecule has 104 valence electrons. The molecule has 0 fully saturated rings. The molecule has 2 aromatic rings. The molecule has 2 aromatic carbocycles. The Morgan fingerprint density at radius 3 is 1.86 bits per heavy atom. The smallest absolute Gasteiger partial charge is 0.330 e. The lowest BCUT2D eigenvalue weighted by Crippen LogP contribution is -2.68. The molecule has 0 saturated heterocycles. The third kappa shape index (κ3) is 1.58. The van der Waals surface area contributed by atoms with E-state index in [0.717, 1.165) is 11.1 Å². The maximum absolute atomic E-state index is 9.80. The van der Waals surface area contributed by atoms with Crippen molar-refractivity contribution in [3.8, 4) is 17.6 Å². The molecule has 0 amide bonds. The zero-order valence-corrected chi connectivity index (χ0v) is 11.4. The van der Waals surface area contributed by atoms with Gasteiger partial charge in [0.25, 0.3) is 0 Å². The predicted molar refractivity (Wildman–Crippen MR) is 76.5 cm³/mol. The highest BCUT2D eigenvalue weighted by Gasteiger charge is 2.60. The van der Waals surface area contributed by atoms with Crippen LogP contribution >= 0.6 is 0 Å². The van der Waals surface area contributed by atoms with Crippen molar-refractivity contribution in [2.75, 3.05) is 0 Å². The second-order valence-corrected chi connectivity index (χ2v) is 5.63. The number of ether oxygens (including phenoxy) is 2. The summed E-state index contributed by atoms with van der Waals surface area (Å²) < 4.78 is 11.8. The monoisotopic (exact) mass is 278 g/mol. The summed E-state index contributed by atoms with van der Waals surface area (Å²) in [5.41, 5.74) is 7.43. The lowest BCUT2D eigenvalue weighted by atomic mass is 9.71. The van der Waals surface area contributed by atoms with Crippen LogP contribution in [0.1, 0.15) is 11.1 Å². The lowest BCUT2D eigenvalue weighted by Gasteiger charge is -2.49. The minimum absolute atomic E-state index is 0.518. The van der Waals surface area contributed by atoms with Crippen molar-refractivity contribution in [2.24, 2.45) is 11.1 Å². The molecular weight excluding hydrogens is 264 g/mol. The number of nitrogens with two attached hydrogens (primary N) is 1. The van der Waals surface area contributed by atoms with Crippen molar-refractivity contribution in [3.63, 3.8) is 0 Å². The van der Waals surface area contributed by atoms with Gasteiger partial charge in [0.2, 0.25) is 0 Å². The van der Waals surface area contributed by atoms with Gasteiger partial charge in [0.1, 0.15) is 11.5 Å². The molecule has 0 aromatic heterocycles. The third-order valence-electron chi connectivity index (χ3n) is 4.33. The maximum atomic E-state index is 9.80. The van der Waals surface area contributed by atoms with Gasteiger partial charge in [-0.05, 0) is 23.3 Å². The first-order chi connectivity index (χ1) is 10.2. The van der Waals surface area contributed by atoms with E-state index in [9.17, 15) is 5.26 Å². The van der Waals surface area contributed by atoms with E-state index in [2.05, 4.69) is 6.07 Å². The highest BCUT2D eigenvalue weighted by atomic mass is 16.7. The average molecular weight is 278 g/mol. The Morgan fingerprint density at radius 1 is 0.905 bits per heavy atom. The van der Waals surface area contributed by atoms with E-state index in [1.54, 1.807) is 0 Å². The molecule has 2 aliphatic rings. The molecule has 0 radical (unpaired) electrons. The van der Waals surface area contributed by atoms with E-state index in [1.807, 2.05) is 48.5 Å². The number of rotatable bonds is 0. The summed E-state index contributed by atoms with van der Waals surface area (Å²) in [7, 11) is 0. The normalized spacial score (nSPS) is 29.0. The van der Waals surface area contributed by atoms with Crippen LogP contribution in [0.5, 0.6) is 11.5 Å². The van der Waals surface area contributed by atoms with Crippen LogP contribution in [-0.4, -0.2) is 5.91 Å². The fourth-order valence-electron chi connectivity index (χ4n) is 3.16. The molecule has 0 saturated carbocycles. The van der Waals surface area contributed by atoms with Gasteiger partial charge in [0.15, 0.2) is 5.41 Å². The van der Waals surface area contributed by atoms with Crippen molar-refractivity contribution < 1.29 is 9.47 Å². The summed E-state index contributed by atoms with van der Waals surface area (Å²) in [6, 6.07) is 17.7. The third-order valence-corrected chi connectivity index (χ3v) is 4.33. The van der Waals surface area contributed by atoms with Crippen LogP contribution in [0.3, 0.4) is 0 Å². The second kappa shape index (κ2) is 4.00. The summed E-state index contributed by atoms with van der Waals surface area (Å²) in [4.78, 5) is 0. The number of fused-ring (bicyclic) bond motifs is 3. The Labute approximate surface area is 122 Å². The summed E-state index contributed by atoms with van der Waals surface area (Å²) in [6.07, 6.45) is 1.04. The van der Waals surface area contributed by atoms with Gasteiger partial charge < -0.3 is 9.47 Å². The highest BCUT2D eigenvalue weighted by Crippen LogP contribution is 2.49. The number of nitriles is 1. The first-order valence-electron chi connectivity index (χ1n) is 6.90. The van der Waals surface area contributed by atoms with E-state index in [0.29, 0.717) is 24.3 Å². The van der Waals surface area contributed by atoms with Crippen LogP contribution in [-0.2, 0) is 12.8 Å². The Morgan fingerprint density at radius 2 is 1.38 bits per heavy atom. The van der Waals surface area contributed by atoms with Crippen molar-refractivity contribution in [1.82, 2.24) is 0 Å². The Kier molecular flexibility index (Phi) is 2.33. The Bertz CT molecular complexity index is 712. The largest absolute Gasteiger partial charge is 0.438 e. The van der Waals surface area contributed by atoms with Crippen molar-refractivity contribution in [1.29, 1.82) is 5.26 Å². The molecule has 0 spiro atoms. The first-order valence-corrected chi connectivity index (χ1v) is 6.90. The van der Waals surface area contributed by atoms with Gasteiger partial charge in [-0.2, -0.15) is 5.26 Å². The quantitative estimate of drug-likeness (QED) is 0.803. The van der Waals surface area contributed by atoms with Gasteiger partial charge in [0, 0.05) is 12.8 Å². The van der Waals surface area contributed by atoms with Crippen LogP contribution in [0.4, 0.5) is 0 Å². The van der Waals surface area contributed by atoms with E-state index >= 15 is 0 Å². The van der Waals surface area contributed by atoms with Gasteiger partial charge in [0.05, 0.1) is 6.07 Å². The SMILES string of the molecule is N#CC12Cc3ccccc3OC1(N)Oc1ccccc1C2. The van der Waals surface area contributed by atoms with Gasteiger partial charge in [-0.25, -0.2) is 0 Å². The molecule has 4 nitrogen and oxygen atoms in total. The van der Waals surface area contributed by atoms with Crippen LogP contribution < -0.4 is 15.2 Å². The van der Waals surface area contributed by atoms with E-state index in [1.165, 1.54) is 0 Å². The fourth-order valence-corrected chi connectivity index (χ4v) is 3.16. The molecule has 2 N–H and O–H groups in total. The minimum Gasteiger partial charge on any atom is -0.438 e. The molecule has 4 heteroatoms. The Balaban J connectivity index is 1.88. The van der Waals surface area contributed by atoms with Gasteiger partial charge in [-0.1, -0.05) is 36.4 Å². The molecule has 21 heavy (non-hydrogen) atoms. The summed E-state index contributed by atoms with van der Waals surface area (Å²) in [5.74, 6) is -0.0831. The van der Waals surface area contributed by atoms with E-state index < -0.39 is 11.3 Å². The number of benzene rings is 2. The van der Waals surface area contributed by atoms with Gasteiger partial charge in [-0.15, -0.1) is 0 Å². The second-order valence-electron chi connectivity index (χ2n) is 5.63. The van der Waals surface area contributed by atoms with E-state index in [-0.39, 0.29) is 0 Å². The molecule has 0 unspecified atom stereocenters. The summed E-state index contributed by atoms with van der Waals surface area (Å²) >= 11 is 0. The molecule has 0 bridgehead atoms.